The topological polar surface area (TPSA) is 49.8 Å². The molecule has 0 radical (unpaired) electrons. The van der Waals surface area contributed by atoms with E-state index in [2.05, 4.69) is 0 Å². The van der Waals surface area contributed by atoms with E-state index in [-0.39, 0.29) is 24.5 Å². The molecule has 0 spiro atoms. The summed E-state index contributed by atoms with van der Waals surface area (Å²) in [7, 11) is 0. The molecule has 1 aromatic rings. The monoisotopic (exact) mass is 295 g/mol. The molecule has 2 aliphatic rings. The number of aliphatic hydroxyl groups is 1. The van der Waals surface area contributed by atoms with Crippen LogP contribution in [0.2, 0.25) is 5.02 Å². The van der Waals surface area contributed by atoms with Crippen molar-refractivity contribution in [2.75, 3.05) is 19.7 Å². The standard InChI is InChI=1S/C15H18ClNO3/c16-11-2-4-12(5-3-11)20-9-15(19)17-7-10-1-6-14(18)13(10)8-17/h2-5,10,13-14,18H,1,6-9H2. The molecule has 1 aliphatic carbocycles. The smallest absolute Gasteiger partial charge is 0.260 e. The number of carbonyl (C=O) groups is 1. The molecule has 2 fully saturated rings. The van der Waals surface area contributed by atoms with E-state index in [1.807, 2.05) is 4.90 Å². The summed E-state index contributed by atoms with van der Waals surface area (Å²) in [5.74, 6) is 1.35. The average Bonchev–Trinajstić information content (AvgIpc) is 3.01. The Balaban J connectivity index is 1.52. The highest BCUT2D eigenvalue weighted by Crippen LogP contribution is 2.38. The fourth-order valence-electron chi connectivity index (χ4n) is 3.21. The van der Waals surface area contributed by atoms with Crippen molar-refractivity contribution in [2.24, 2.45) is 11.8 Å². The van der Waals surface area contributed by atoms with Gasteiger partial charge >= 0.3 is 0 Å². The van der Waals surface area contributed by atoms with Crippen LogP contribution in [0.5, 0.6) is 5.75 Å². The average molecular weight is 296 g/mol. The minimum absolute atomic E-state index is 0.0125. The molecule has 20 heavy (non-hydrogen) atoms. The van der Waals surface area contributed by atoms with Gasteiger partial charge in [-0.05, 0) is 43.0 Å². The van der Waals surface area contributed by atoms with Crippen LogP contribution in [0, 0.1) is 11.8 Å². The lowest BCUT2D eigenvalue weighted by Gasteiger charge is -2.18. The molecule has 3 atom stereocenters. The Kier molecular flexibility index (Phi) is 3.85. The van der Waals surface area contributed by atoms with Gasteiger partial charge in [0.05, 0.1) is 6.10 Å². The van der Waals surface area contributed by atoms with E-state index in [9.17, 15) is 9.90 Å². The SMILES string of the molecule is O=C(COc1ccc(Cl)cc1)N1CC2CCC(O)C2C1. The van der Waals surface area contributed by atoms with Crippen molar-refractivity contribution in [3.8, 4) is 5.75 Å². The number of fused-ring (bicyclic) bond motifs is 1. The number of rotatable bonds is 3. The zero-order valence-electron chi connectivity index (χ0n) is 11.2. The molecule has 108 valence electrons. The first-order valence-corrected chi connectivity index (χ1v) is 7.35. The predicted octanol–water partition coefficient (Wildman–Crippen LogP) is 1.95. The number of hydrogen-bond donors (Lipinski definition) is 1. The Labute approximate surface area is 123 Å². The highest BCUT2D eigenvalue weighted by Gasteiger charge is 2.43. The largest absolute Gasteiger partial charge is 0.484 e. The predicted molar refractivity (Wildman–Crippen MR) is 75.7 cm³/mol. The van der Waals surface area contributed by atoms with Crippen LogP contribution >= 0.6 is 11.6 Å². The van der Waals surface area contributed by atoms with Crippen molar-refractivity contribution >= 4 is 17.5 Å². The van der Waals surface area contributed by atoms with E-state index in [0.29, 0.717) is 23.2 Å². The van der Waals surface area contributed by atoms with Crippen molar-refractivity contribution in [1.82, 2.24) is 4.90 Å². The van der Waals surface area contributed by atoms with Crippen LogP contribution in [0.3, 0.4) is 0 Å². The van der Waals surface area contributed by atoms with Gasteiger partial charge in [-0.3, -0.25) is 4.79 Å². The number of halogens is 1. The summed E-state index contributed by atoms with van der Waals surface area (Å²) in [5, 5.41) is 10.5. The molecule has 5 heteroatoms. The van der Waals surface area contributed by atoms with Gasteiger partial charge in [0.15, 0.2) is 6.61 Å². The summed E-state index contributed by atoms with van der Waals surface area (Å²) in [5.41, 5.74) is 0. The number of likely N-dealkylation sites (tertiary alicyclic amines) is 1. The maximum atomic E-state index is 12.1. The molecule has 1 saturated carbocycles. The Hall–Kier alpha value is -1.26. The summed E-state index contributed by atoms with van der Waals surface area (Å²) in [6, 6.07) is 6.96. The van der Waals surface area contributed by atoms with Crippen LogP contribution < -0.4 is 4.74 Å². The highest BCUT2D eigenvalue weighted by atomic mass is 35.5. The number of hydrogen-bond acceptors (Lipinski definition) is 3. The third-order valence-electron chi connectivity index (χ3n) is 4.35. The second kappa shape index (κ2) is 5.62. The van der Waals surface area contributed by atoms with E-state index < -0.39 is 0 Å². The number of carbonyl (C=O) groups excluding carboxylic acids is 1. The maximum absolute atomic E-state index is 12.1. The molecule has 3 rings (SSSR count). The van der Waals surface area contributed by atoms with E-state index in [0.717, 1.165) is 19.4 Å². The third-order valence-corrected chi connectivity index (χ3v) is 4.60. The number of nitrogens with zero attached hydrogens (tertiary/aromatic N) is 1. The molecule has 1 saturated heterocycles. The molecule has 1 aromatic carbocycles. The van der Waals surface area contributed by atoms with E-state index in [1.54, 1.807) is 24.3 Å². The molecule has 3 unspecified atom stereocenters. The van der Waals surface area contributed by atoms with Gasteiger partial charge in [-0.1, -0.05) is 11.6 Å². The number of amides is 1. The van der Waals surface area contributed by atoms with Crippen molar-refractivity contribution in [3.05, 3.63) is 29.3 Å². The molecule has 0 aromatic heterocycles. The first-order valence-electron chi connectivity index (χ1n) is 6.97. The molecule has 1 N–H and O–H groups in total. The lowest BCUT2D eigenvalue weighted by atomic mass is 10.00. The summed E-state index contributed by atoms with van der Waals surface area (Å²) in [6.45, 7) is 1.45. The van der Waals surface area contributed by atoms with Crippen molar-refractivity contribution in [3.63, 3.8) is 0 Å². The van der Waals surface area contributed by atoms with Crippen LogP contribution in [0.25, 0.3) is 0 Å². The van der Waals surface area contributed by atoms with Gasteiger partial charge in [0, 0.05) is 24.0 Å². The summed E-state index contributed by atoms with van der Waals surface area (Å²) < 4.78 is 5.47. The highest BCUT2D eigenvalue weighted by molar-refractivity contribution is 6.30. The fourth-order valence-corrected chi connectivity index (χ4v) is 3.33. The normalized spacial score (nSPS) is 28.5. The van der Waals surface area contributed by atoms with E-state index >= 15 is 0 Å². The second-order valence-corrected chi connectivity index (χ2v) is 6.05. The van der Waals surface area contributed by atoms with Crippen molar-refractivity contribution < 1.29 is 14.6 Å². The van der Waals surface area contributed by atoms with Crippen molar-refractivity contribution in [1.29, 1.82) is 0 Å². The minimum atomic E-state index is -0.241. The Morgan fingerprint density at radius 1 is 1.30 bits per heavy atom. The molecule has 1 amide bonds. The van der Waals surface area contributed by atoms with E-state index in [4.69, 9.17) is 16.3 Å². The zero-order valence-corrected chi connectivity index (χ0v) is 11.9. The lowest BCUT2D eigenvalue weighted by molar-refractivity contribution is -0.132. The quantitative estimate of drug-likeness (QED) is 0.927. The minimum Gasteiger partial charge on any atom is -0.484 e. The van der Waals surface area contributed by atoms with Crippen molar-refractivity contribution in [2.45, 2.75) is 18.9 Å². The molecular formula is C15H18ClNO3. The van der Waals surface area contributed by atoms with Crippen LogP contribution in [0.4, 0.5) is 0 Å². The molecule has 1 heterocycles. The van der Waals surface area contributed by atoms with Gasteiger partial charge in [0.2, 0.25) is 0 Å². The first-order chi connectivity index (χ1) is 9.63. The van der Waals surface area contributed by atoms with Crippen LogP contribution in [0.1, 0.15) is 12.8 Å². The number of ether oxygens (including phenoxy) is 1. The van der Waals surface area contributed by atoms with Gasteiger partial charge < -0.3 is 14.7 Å². The Bertz CT molecular complexity index is 490. The molecule has 0 bridgehead atoms. The number of aliphatic hydroxyl groups excluding tert-OH is 1. The maximum Gasteiger partial charge on any atom is 0.260 e. The summed E-state index contributed by atoms with van der Waals surface area (Å²) >= 11 is 5.79. The molecule has 4 nitrogen and oxygen atoms in total. The first kappa shape index (κ1) is 13.7. The van der Waals surface area contributed by atoms with Gasteiger partial charge in [-0.15, -0.1) is 0 Å². The van der Waals surface area contributed by atoms with Crippen LogP contribution in [0.15, 0.2) is 24.3 Å². The lowest BCUT2D eigenvalue weighted by Crippen LogP contribution is -2.34. The Morgan fingerprint density at radius 2 is 2.05 bits per heavy atom. The van der Waals surface area contributed by atoms with Gasteiger partial charge in [-0.25, -0.2) is 0 Å². The van der Waals surface area contributed by atoms with E-state index in [1.165, 1.54) is 0 Å². The van der Waals surface area contributed by atoms with Crippen LogP contribution in [-0.2, 0) is 4.79 Å². The fraction of sp³-hybridized carbons (Fsp3) is 0.533. The molecule has 1 aliphatic heterocycles. The van der Waals surface area contributed by atoms with Gasteiger partial charge in [0.1, 0.15) is 5.75 Å². The zero-order chi connectivity index (χ0) is 14.1. The molecular weight excluding hydrogens is 278 g/mol. The van der Waals surface area contributed by atoms with Gasteiger partial charge in [-0.2, -0.15) is 0 Å². The van der Waals surface area contributed by atoms with Gasteiger partial charge in [0.25, 0.3) is 5.91 Å². The third kappa shape index (κ3) is 2.76. The summed E-state index contributed by atoms with van der Waals surface area (Å²) in [4.78, 5) is 13.9. The number of benzene rings is 1. The Morgan fingerprint density at radius 3 is 2.75 bits per heavy atom. The van der Waals surface area contributed by atoms with Crippen LogP contribution in [-0.4, -0.2) is 41.7 Å². The second-order valence-electron chi connectivity index (χ2n) is 5.61. The summed E-state index contributed by atoms with van der Waals surface area (Å²) in [6.07, 6.45) is 1.65.